The lowest BCUT2D eigenvalue weighted by atomic mass is 9.96. The first-order chi connectivity index (χ1) is 11.3. The van der Waals surface area contributed by atoms with E-state index < -0.39 is 0 Å². The highest BCUT2D eigenvalue weighted by Gasteiger charge is 2.19. The highest BCUT2D eigenvalue weighted by molar-refractivity contribution is 5.77. The maximum atomic E-state index is 3.87. The first kappa shape index (κ1) is 15.8. The molecule has 3 rings (SSSR count). The minimum absolute atomic E-state index is 0.477. The molecule has 0 nitrogen and oxygen atoms in total. The Bertz CT molecular complexity index is 685. The van der Waals surface area contributed by atoms with E-state index in [2.05, 4.69) is 55.6 Å². The second-order valence-electron chi connectivity index (χ2n) is 6.51. The molecule has 0 bridgehead atoms. The molecule has 0 aromatic heterocycles. The lowest BCUT2D eigenvalue weighted by Crippen LogP contribution is -1.95. The normalized spacial score (nSPS) is 12.0. The number of hydrogen-bond acceptors (Lipinski definition) is 0. The Balaban J connectivity index is 1.59. The van der Waals surface area contributed by atoms with Gasteiger partial charge in [0.25, 0.3) is 0 Å². The summed E-state index contributed by atoms with van der Waals surface area (Å²) in [6.45, 7) is 7.73. The Hall–Kier alpha value is -2.08. The summed E-state index contributed by atoms with van der Waals surface area (Å²) in [6.07, 6.45) is 11.3. The smallest absolute Gasteiger partial charge is 0.00107 e. The molecule has 1 aliphatic rings. The number of unbranched alkanes of at least 4 members (excludes halogenated alkanes) is 2. The maximum absolute atomic E-state index is 3.87. The van der Waals surface area contributed by atoms with Crippen molar-refractivity contribution in [3.8, 4) is 11.1 Å². The van der Waals surface area contributed by atoms with Crippen molar-refractivity contribution in [2.45, 2.75) is 38.5 Å². The monoisotopic (exact) mass is 302 g/mol. The first-order valence-corrected chi connectivity index (χ1v) is 8.77. The quantitative estimate of drug-likeness (QED) is 0.336. The van der Waals surface area contributed by atoms with Crippen molar-refractivity contribution >= 4 is 0 Å². The molecule has 0 N–H and O–H groups in total. The van der Waals surface area contributed by atoms with Crippen LogP contribution < -0.4 is 0 Å². The average Bonchev–Trinajstić information content (AvgIpc) is 2.98. The van der Waals surface area contributed by atoms with Gasteiger partial charge < -0.3 is 0 Å². The predicted molar refractivity (Wildman–Crippen MR) is 101 cm³/mol. The number of benzene rings is 2. The molecular formula is C23H26. The zero-order chi connectivity index (χ0) is 16.1. The van der Waals surface area contributed by atoms with Crippen LogP contribution in [-0.2, 0) is 12.8 Å². The highest BCUT2D eigenvalue weighted by Crippen LogP contribution is 2.38. The number of aryl methyl sites for hydroxylation is 1. The van der Waals surface area contributed by atoms with Crippen molar-refractivity contribution in [2.24, 2.45) is 5.92 Å². The van der Waals surface area contributed by atoms with Gasteiger partial charge in [0, 0.05) is 0 Å². The number of allylic oxidation sites excluding steroid dienone is 2. The number of hydrogen-bond donors (Lipinski definition) is 0. The fourth-order valence-corrected chi connectivity index (χ4v) is 3.66. The second-order valence-corrected chi connectivity index (χ2v) is 6.51. The van der Waals surface area contributed by atoms with Crippen molar-refractivity contribution in [1.29, 1.82) is 0 Å². The second kappa shape index (κ2) is 7.46. The largest absolute Gasteiger partial charge is 0.102 e. The van der Waals surface area contributed by atoms with Crippen LogP contribution in [0.1, 0.15) is 42.4 Å². The summed E-state index contributed by atoms with van der Waals surface area (Å²) < 4.78 is 0. The Morgan fingerprint density at radius 2 is 1.65 bits per heavy atom. The molecule has 0 unspecified atom stereocenters. The number of fused-ring (bicyclic) bond motifs is 3. The molecule has 0 heteroatoms. The van der Waals surface area contributed by atoms with E-state index in [9.17, 15) is 0 Å². The van der Waals surface area contributed by atoms with Crippen LogP contribution in [0.15, 0.2) is 67.8 Å². The fraction of sp³-hybridized carbons (Fsp3) is 0.304. The molecule has 2 aromatic rings. The summed E-state index contributed by atoms with van der Waals surface area (Å²) in [5, 5.41) is 0. The Kier molecular flexibility index (Phi) is 5.12. The topological polar surface area (TPSA) is 0 Å². The Morgan fingerprint density at radius 3 is 2.48 bits per heavy atom. The zero-order valence-electron chi connectivity index (χ0n) is 13.9. The highest BCUT2D eigenvalue weighted by atomic mass is 14.2. The van der Waals surface area contributed by atoms with Crippen LogP contribution in [0, 0.1) is 5.92 Å². The van der Waals surface area contributed by atoms with Gasteiger partial charge in [-0.1, -0.05) is 67.5 Å². The molecule has 0 amide bonds. The van der Waals surface area contributed by atoms with Gasteiger partial charge in [-0.25, -0.2) is 0 Å². The van der Waals surface area contributed by atoms with Gasteiger partial charge in [0.1, 0.15) is 0 Å². The van der Waals surface area contributed by atoms with E-state index in [-0.39, 0.29) is 0 Å². The van der Waals surface area contributed by atoms with E-state index >= 15 is 0 Å². The van der Waals surface area contributed by atoms with E-state index in [1.54, 1.807) is 11.1 Å². The van der Waals surface area contributed by atoms with E-state index in [0.717, 1.165) is 6.42 Å². The maximum Gasteiger partial charge on any atom is -0.00107 e. The summed E-state index contributed by atoms with van der Waals surface area (Å²) in [6, 6.07) is 15.7. The van der Waals surface area contributed by atoms with Gasteiger partial charge in [0.2, 0.25) is 0 Å². The molecule has 0 spiro atoms. The van der Waals surface area contributed by atoms with E-state index in [0.29, 0.717) is 5.92 Å². The standard InChI is InChI=1S/C23H26/c1-3-18(4-2)11-6-5-7-12-19-14-10-16-22-21-15-9-8-13-20(21)17-23(19)22/h3-4,8-10,13-16,18H,1-2,5-7,11-12,17H2. The van der Waals surface area contributed by atoms with E-state index in [4.69, 9.17) is 0 Å². The third-order valence-corrected chi connectivity index (χ3v) is 5.04. The molecule has 0 fully saturated rings. The summed E-state index contributed by atoms with van der Waals surface area (Å²) in [7, 11) is 0. The van der Waals surface area contributed by atoms with Crippen molar-refractivity contribution in [2.75, 3.05) is 0 Å². The van der Waals surface area contributed by atoms with Gasteiger partial charge >= 0.3 is 0 Å². The number of rotatable bonds is 8. The van der Waals surface area contributed by atoms with E-state index in [1.165, 1.54) is 48.8 Å². The minimum atomic E-state index is 0.477. The first-order valence-electron chi connectivity index (χ1n) is 8.77. The van der Waals surface area contributed by atoms with Gasteiger partial charge in [0.05, 0.1) is 0 Å². The molecule has 0 saturated heterocycles. The van der Waals surface area contributed by atoms with E-state index in [1.807, 2.05) is 12.2 Å². The molecule has 0 radical (unpaired) electrons. The van der Waals surface area contributed by atoms with Crippen LogP contribution in [0.25, 0.3) is 11.1 Å². The van der Waals surface area contributed by atoms with Crippen molar-refractivity contribution in [1.82, 2.24) is 0 Å². The van der Waals surface area contributed by atoms with Gasteiger partial charge in [-0.15, -0.1) is 13.2 Å². The lowest BCUT2D eigenvalue weighted by molar-refractivity contribution is 0.596. The van der Waals surface area contributed by atoms with Gasteiger partial charge in [-0.05, 0) is 59.4 Å². The Labute approximate surface area is 140 Å². The van der Waals surface area contributed by atoms with Crippen LogP contribution in [0.2, 0.25) is 0 Å². The molecule has 1 aliphatic carbocycles. The van der Waals surface area contributed by atoms with Crippen molar-refractivity contribution in [3.63, 3.8) is 0 Å². The molecule has 2 aromatic carbocycles. The van der Waals surface area contributed by atoms with Gasteiger partial charge in [-0.3, -0.25) is 0 Å². The SMILES string of the molecule is C=CC(C=C)CCCCCc1cccc2c1Cc1ccccc1-2. The molecule has 23 heavy (non-hydrogen) atoms. The third-order valence-electron chi connectivity index (χ3n) is 5.04. The molecule has 0 saturated carbocycles. The summed E-state index contributed by atoms with van der Waals surface area (Å²) >= 11 is 0. The summed E-state index contributed by atoms with van der Waals surface area (Å²) in [5.74, 6) is 0.477. The zero-order valence-corrected chi connectivity index (χ0v) is 13.9. The van der Waals surface area contributed by atoms with Gasteiger partial charge in [0.15, 0.2) is 0 Å². The summed E-state index contributed by atoms with van der Waals surface area (Å²) in [5.41, 5.74) is 7.47. The summed E-state index contributed by atoms with van der Waals surface area (Å²) in [4.78, 5) is 0. The third kappa shape index (κ3) is 3.47. The molecular weight excluding hydrogens is 276 g/mol. The molecule has 0 aliphatic heterocycles. The van der Waals surface area contributed by atoms with Crippen LogP contribution in [0.4, 0.5) is 0 Å². The van der Waals surface area contributed by atoms with Crippen LogP contribution in [-0.4, -0.2) is 0 Å². The molecule has 118 valence electrons. The lowest BCUT2D eigenvalue weighted by Gasteiger charge is -2.09. The molecule has 0 heterocycles. The average molecular weight is 302 g/mol. The fourth-order valence-electron chi connectivity index (χ4n) is 3.66. The Morgan fingerprint density at radius 1 is 0.870 bits per heavy atom. The minimum Gasteiger partial charge on any atom is -0.102 e. The predicted octanol–water partition coefficient (Wildman–Crippen LogP) is 6.35. The van der Waals surface area contributed by atoms with Crippen LogP contribution in [0.5, 0.6) is 0 Å². The molecule has 0 atom stereocenters. The van der Waals surface area contributed by atoms with Crippen LogP contribution >= 0.6 is 0 Å². The van der Waals surface area contributed by atoms with Crippen LogP contribution in [0.3, 0.4) is 0 Å². The van der Waals surface area contributed by atoms with Gasteiger partial charge in [-0.2, -0.15) is 0 Å². The van der Waals surface area contributed by atoms with Crippen molar-refractivity contribution in [3.05, 3.63) is 84.5 Å². The van der Waals surface area contributed by atoms with Crippen molar-refractivity contribution < 1.29 is 0 Å².